The van der Waals surface area contributed by atoms with Gasteiger partial charge in [-0.25, -0.2) is 4.98 Å². The summed E-state index contributed by atoms with van der Waals surface area (Å²) < 4.78 is 0. The molecule has 0 radical (unpaired) electrons. The normalized spacial score (nSPS) is 20.6. The molecule has 0 bridgehead atoms. The number of anilines is 1. The molecular weight excluding hydrogens is 232 g/mol. The quantitative estimate of drug-likeness (QED) is 0.652. The molecule has 2 heterocycles. The summed E-state index contributed by atoms with van der Waals surface area (Å²) in [5, 5.41) is 13.7. The van der Waals surface area contributed by atoms with Crippen LogP contribution in [0, 0.1) is 10.1 Å². The van der Waals surface area contributed by atoms with Crippen molar-refractivity contribution in [2.75, 3.05) is 25.5 Å². The fraction of sp³-hybridized carbons (Fsp3) is 0.583. The van der Waals surface area contributed by atoms with Gasteiger partial charge in [-0.05, 0) is 32.5 Å². The molecule has 2 rings (SSSR count). The van der Waals surface area contributed by atoms with Gasteiger partial charge in [0.1, 0.15) is 12.0 Å². The molecule has 1 fully saturated rings. The van der Waals surface area contributed by atoms with Gasteiger partial charge in [0.2, 0.25) is 0 Å². The van der Waals surface area contributed by atoms with Crippen molar-refractivity contribution < 1.29 is 4.92 Å². The van der Waals surface area contributed by atoms with Gasteiger partial charge in [-0.2, -0.15) is 0 Å². The van der Waals surface area contributed by atoms with Crippen molar-refractivity contribution in [2.24, 2.45) is 0 Å². The highest BCUT2D eigenvalue weighted by Crippen LogP contribution is 2.16. The van der Waals surface area contributed by atoms with E-state index in [9.17, 15) is 10.1 Å². The van der Waals surface area contributed by atoms with Gasteiger partial charge in [0.05, 0.1) is 4.92 Å². The van der Waals surface area contributed by atoms with Crippen molar-refractivity contribution in [1.29, 1.82) is 0 Å². The van der Waals surface area contributed by atoms with Crippen LogP contribution >= 0.6 is 0 Å². The summed E-state index contributed by atoms with van der Waals surface area (Å²) in [4.78, 5) is 16.4. The minimum Gasteiger partial charge on any atom is -0.368 e. The van der Waals surface area contributed by atoms with Crippen LogP contribution in [-0.2, 0) is 0 Å². The van der Waals surface area contributed by atoms with Crippen LogP contribution in [0.2, 0.25) is 0 Å². The number of nitrogens with zero attached hydrogens (tertiary/aromatic N) is 3. The standard InChI is InChI=1S/C12H18N4O2/c1-15-7-3-2-4-10(15)8-13-12-6-5-11(9-14-12)16(17)18/h5-6,9-10H,2-4,7-8H2,1H3,(H,13,14). The number of piperidine rings is 1. The van der Waals surface area contributed by atoms with Gasteiger partial charge in [-0.1, -0.05) is 6.42 Å². The Labute approximate surface area is 106 Å². The number of nitrogens with one attached hydrogen (secondary N) is 1. The van der Waals surface area contributed by atoms with Crippen LogP contribution in [0.3, 0.4) is 0 Å². The predicted molar refractivity (Wildman–Crippen MR) is 69.7 cm³/mol. The van der Waals surface area contributed by atoms with E-state index in [1.807, 2.05) is 0 Å². The van der Waals surface area contributed by atoms with Gasteiger partial charge in [0, 0.05) is 18.7 Å². The summed E-state index contributed by atoms with van der Waals surface area (Å²) in [5.74, 6) is 0.694. The molecule has 1 atom stereocenters. The molecule has 98 valence electrons. The lowest BCUT2D eigenvalue weighted by molar-refractivity contribution is -0.385. The zero-order valence-electron chi connectivity index (χ0n) is 10.5. The predicted octanol–water partition coefficient (Wildman–Crippen LogP) is 1.89. The molecule has 1 aromatic rings. The average Bonchev–Trinajstić information content (AvgIpc) is 2.38. The van der Waals surface area contributed by atoms with Crippen molar-refractivity contribution in [1.82, 2.24) is 9.88 Å². The lowest BCUT2D eigenvalue weighted by Crippen LogP contribution is -2.40. The Morgan fingerprint density at radius 1 is 1.56 bits per heavy atom. The maximum absolute atomic E-state index is 10.5. The number of likely N-dealkylation sites (N-methyl/N-ethyl adjacent to an activating group) is 1. The minimum atomic E-state index is -0.439. The minimum absolute atomic E-state index is 0.0235. The number of rotatable bonds is 4. The van der Waals surface area contributed by atoms with Gasteiger partial charge < -0.3 is 10.2 Å². The summed E-state index contributed by atoms with van der Waals surface area (Å²) in [6.45, 7) is 1.97. The van der Waals surface area contributed by atoms with Crippen molar-refractivity contribution in [2.45, 2.75) is 25.3 Å². The van der Waals surface area contributed by atoms with Crippen molar-refractivity contribution >= 4 is 11.5 Å². The summed E-state index contributed by atoms with van der Waals surface area (Å²) in [7, 11) is 2.13. The van der Waals surface area contributed by atoms with Crippen LogP contribution in [0.25, 0.3) is 0 Å². The second kappa shape index (κ2) is 5.77. The first-order chi connectivity index (χ1) is 8.66. The third-order valence-electron chi connectivity index (χ3n) is 3.40. The molecule has 18 heavy (non-hydrogen) atoms. The number of hydrogen-bond donors (Lipinski definition) is 1. The molecule has 1 aliphatic heterocycles. The zero-order chi connectivity index (χ0) is 13.0. The highest BCUT2D eigenvalue weighted by atomic mass is 16.6. The molecule has 0 spiro atoms. The van der Waals surface area contributed by atoms with Crippen molar-refractivity contribution in [3.05, 3.63) is 28.4 Å². The number of aromatic nitrogens is 1. The SMILES string of the molecule is CN1CCCCC1CNc1ccc([N+](=O)[O-])cn1. The molecule has 1 saturated heterocycles. The number of pyridine rings is 1. The van der Waals surface area contributed by atoms with Crippen LogP contribution in [0.5, 0.6) is 0 Å². The lowest BCUT2D eigenvalue weighted by Gasteiger charge is -2.32. The summed E-state index contributed by atoms with van der Waals surface area (Å²) in [5.41, 5.74) is 0.0235. The molecule has 1 aliphatic rings. The van der Waals surface area contributed by atoms with Crippen LogP contribution in [0.4, 0.5) is 11.5 Å². The van der Waals surface area contributed by atoms with E-state index in [2.05, 4.69) is 22.2 Å². The molecule has 0 saturated carbocycles. The van der Waals surface area contributed by atoms with E-state index in [1.165, 1.54) is 31.5 Å². The van der Waals surface area contributed by atoms with Gasteiger partial charge >= 0.3 is 0 Å². The third kappa shape index (κ3) is 3.16. The Kier molecular flexibility index (Phi) is 4.09. The van der Waals surface area contributed by atoms with E-state index in [1.54, 1.807) is 6.07 Å². The average molecular weight is 250 g/mol. The Hall–Kier alpha value is -1.69. The molecule has 6 nitrogen and oxygen atoms in total. The molecule has 1 N–H and O–H groups in total. The fourth-order valence-electron chi connectivity index (χ4n) is 2.22. The zero-order valence-corrected chi connectivity index (χ0v) is 10.5. The first kappa shape index (κ1) is 12.8. The topological polar surface area (TPSA) is 71.3 Å². The summed E-state index contributed by atoms with van der Waals surface area (Å²) in [6, 6.07) is 3.65. The smallest absolute Gasteiger partial charge is 0.287 e. The molecule has 6 heteroatoms. The highest BCUT2D eigenvalue weighted by Gasteiger charge is 2.18. The van der Waals surface area contributed by atoms with Gasteiger partial charge in [0.25, 0.3) is 5.69 Å². The Bertz CT molecular complexity index is 407. The molecule has 0 aromatic carbocycles. The first-order valence-electron chi connectivity index (χ1n) is 6.21. The second-order valence-corrected chi connectivity index (χ2v) is 4.67. The van der Waals surface area contributed by atoms with Crippen LogP contribution in [-0.4, -0.2) is 41.0 Å². The molecule has 0 amide bonds. The van der Waals surface area contributed by atoms with E-state index >= 15 is 0 Å². The van der Waals surface area contributed by atoms with E-state index in [4.69, 9.17) is 0 Å². The highest BCUT2D eigenvalue weighted by molar-refractivity contribution is 5.40. The monoisotopic (exact) mass is 250 g/mol. The van der Waals surface area contributed by atoms with Crippen molar-refractivity contribution in [3.63, 3.8) is 0 Å². The van der Waals surface area contributed by atoms with Gasteiger partial charge in [0.15, 0.2) is 0 Å². The Balaban J connectivity index is 1.87. The van der Waals surface area contributed by atoms with E-state index in [0.717, 1.165) is 13.1 Å². The summed E-state index contributed by atoms with van der Waals surface area (Å²) in [6.07, 6.45) is 5.01. The molecule has 1 aromatic heterocycles. The number of hydrogen-bond acceptors (Lipinski definition) is 5. The largest absolute Gasteiger partial charge is 0.368 e. The maximum Gasteiger partial charge on any atom is 0.287 e. The van der Waals surface area contributed by atoms with Gasteiger partial charge in [-0.3, -0.25) is 10.1 Å². The number of nitro groups is 1. The second-order valence-electron chi connectivity index (χ2n) is 4.67. The molecule has 1 unspecified atom stereocenters. The molecule has 0 aliphatic carbocycles. The van der Waals surface area contributed by atoms with E-state index in [-0.39, 0.29) is 5.69 Å². The maximum atomic E-state index is 10.5. The van der Waals surface area contributed by atoms with Crippen LogP contribution in [0.1, 0.15) is 19.3 Å². The summed E-state index contributed by atoms with van der Waals surface area (Å²) >= 11 is 0. The fourth-order valence-corrected chi connectivity index (χ4v) is 2.22. The Morgan fingerprint density at radius 3 is 3.00 bits per heavy atom. The van der Waals surface area contributed by atoms with Crippen molar-refractivity contribution in [3.8, 4) is 0 Å². The third-order valence-corrected chi connectivity index (χ3v) is 3.40. The number of likely N-dealkylation sites (tertiary alicyclic amines) is 1. The Morgan fingerprint density at radius 2 is 2.39 bits per heavy atom. The lowest BCUT2D eigenvalue weighted by atomic mass is 10.0. The molecular formula is C12H18N4O2. The van der Waals surface area contributed by atoms with Gasteiger partial charge in [-0.15, -0.1) is 0 Å². The van der Waals surface area contributed by atoms with E-state index in [0.29, 0.717) is 11.9 Å². The van der Waals surface area contributed by atoms with Crippen LogP contribution < -0.4 is 5.32 Å². The van der Waals surface area contributed by atoms with E-state index < -0.39 is 4.92 Å². The first-order valence-corrected chi connectivity index (χ1v) is 6.21. The van der Waals surface area contributed by atoms with Crippen LogP contribution in [0.15, 0.2) is 18.3 Å².